The molecule has 0 spiro atoms. The van der Waals surface area contributed by atoms with Crippen molar-refractivity contribution in [2.75, 3.05) is 11.9 Å². The first-order valence-electron chi connectivity index (χ1n) is 7.21. The van der Waals surface area contributed by atoms with E-state index in [0.717, 1.165) is 11.3 Å². The van der Waals surface area contributed by atoms with Crippen molar-refractivity contribution in [3.05, 3.63) is 45.8 Å². The van der Waals surface area contributed by atoms with E-state index in [1.807, 2.05) is 0 Å². The van der Waals surface area contributed by atoms with E-state index in [1.54, 1.807) is 29.6 Å². The minimum Gasteiger partial charge on any atom is -0.323 e. The zero-order valence-corrected chi connectivity index (χ0v) is 15.6. The number of hydrogen-bond donors (Lipinski definition) is 1. The van der Waals surface area contributed by atoms with E-state index in [0.29, 0.717) is 35.1 Å². The molecule has 0 radical (unpaired) electrons. The molecule has 1 aromatic carbocycles. The van der Waals surface area contributed by atoms with Crippen molar-refractivity contribution < 1.29 is 13.2 Å². The number of halogens is 2. The van der Waals surface area contributed by atoms with Gasteiger partial charge < -0.3 is 5.32 Å². The SMILES string of the molecule is O=C(Nc1cc(Cl)ccc1Cl)C1CCCN1S(=O)(=O)c1cccs1. The van der Waals surface area contributed by atoms with Crippen molar-refractivity contribution in [3.63, 3.8) is 0 Å². The molecule has 5 nitrogen and oxygen atoms in total. The Morgan fingerprint density at radius 3 is 2.79 bits per heavy atom. The number of anilines is 1. The number of nitrogens with zero attached hydrogens (tertiary/aromatic N) is 1. The van der Waals surface area contributed by atoms with Crippen LogP contribution in [0.25, 0.3) is 0 Å². The molecule has 1 saturated heterocycles. The maximum absolute atomic E-state index is 12.7. The van der Waals surface area contributed by atoms with Crippen LogP contribution < -0.4 is 5.32 Å². The third kappa shape index (κ3) is 3.45. The van der Waals surface area contributed by atoms with E-state index >= 15 is 0 Å². The largest absolute Gasteiger partial charge is 0.323 e. The van der Waals surface area contributed by atoms with Gasteiger partial charge in [0.2, 0.25) is 5.91 Å². The fraction of sp³-hybridized carbons (Fsp3) is 0.267. The van der Waals surface area contributed by atoms with Crippen molar-refractivity contribution >= 4 is 56.2 Å². The van der Waals surface area contributed by atoms with E-state index in [-0.39, 0.29) is 4.21 Å². The number of hydrogen-bond acceptors (Lipinski definition) is 4. The summed E-state index contributed by atoms with van der Waals surface area (Å²) < 4.78 is 26.9. The fourth-order valence-corrected chi connectivity index (χ4v) is 5.74. The molecule has 1 aliphatic heterocycles. The monoisotopic (exact) mass is 404 g/mol. The van der Waals surface area contributed by atoms with E-state index in [2.05, 4.69) is 5.32 Å². The third-order valence-corrected chi connectivity index (χ3v) is 7.60. The minimum absolute atomic E-state index is 0.239. The standard InChI is InChI=1S/C15H14Cl2N2O3S2/c16-10-5-6-11(17)12(9-10)18-15(20)13-3-1-7-19(13)24(21,22)14-4-2-8-23-14/h2,4-6,8-9,13H,1,3,7H2,(H,18,20). The first-order chi connectivity index (χ1) is 11.4. The minimum atomic E-state index is -3.67. The summed E-state index contributed by atoms with van der Waals surface area (Å²) in [6, 6.07) is 7.19. The van der Waals surface area contributed by atoms with E-state index < -0.39 is 22.0 Å². The van der Waals surface area contributed by atoms with Gasteiger partial charge in [-0.2, -0.15) is 4.31 Å². The second-order valence-electron chi connectivity index (χ2n) is 5.32. The molecule has 2 heterocycles. The van der Waals surface area contributed by atoms with Gasteiger partial charge in [-0.15, -0.1) is 11.3 Å². The summed E-state index contributed by atoms with van der Waals surface area (Å²) in [5.41, 5.74) is 0.370. The predicted molar refractivity (Wildman–Crippen MR) is 96.3 cm³/mol. The number of thiophene rings is 1. The van der Waals surface area contributed by atoms with Gasteiger partial charge in [-0.25, -0.2) is 8.42 Å². The molecule has 1 aromatic heterocycles. The summed E-state index contributed by atoms with van der Waals surface area (Å²) in [7, 11) is -3.67. The van der Waals surface area contributed by atoms with E-state index in [4.69, 9.17) is 23.2 Å². The second kappa shape index (κ2) is 7.01. The first-order valence-corrected chi connectivity index (χ1v) is 10.3. The van der Waals surface area contributed by atoms with E-state index in [9.17, 15) is 13.2 Å². The molecule has 1 unspecified atom stereocenters. The normalized spacial score (nSPS) is 18.7. The van der Waals surface area contributed by atoms with Crippen LogP contribution in [0.2, 0.25) is 10.0 Å². The number of amides is 1. The van der Waals surface area contributed by atoms with Crippen molar-refractivity contribution in [2.45, 2.75) is 23.1 Å². The summed E-state index contributed by atoms with van der Waals surface area (Å²) in [4.78, 5) is 12.6. The molecule has 1 fully saturated rings. The van der Waals surface area contributed by atoms with Crippen molar-refractivity contribution in [3.8, 4) is 0 Å². The van der Waals surface area contributed by atoms with Crippen LogP contribution in [0.4, 0.5) is 5.69 Å². The number of rotatable bonds is 4. The highest BCUT2D eigenvalue weighted by Gasteiger charge is 2.40. The van der Waals surface area contributed by atoms with Gasteiger partial charge in [-0.1, -0.05) is 29.3 Å². The van der Waals surface area contributed by atoms with Gasteiger partial charge in [0.05, 0.1) is 10.7 Å². The highest BCUT2D eigenvalue weighted by Crippen LogP contribution is 2.30. The zero-order chi connectivity index (χ0) is 17.3. The lowest BCUT2D eigenvalue weighted by Crippen LogP contribution is -2.42. The predicted octanol–water partition coefficient (Wildman–Crippen LogP) is 3.85. The molecule has 128 valence electrons. The van der Waals surface area contributed by atoms with Crippen LogP contribution in [0.15, 0.2) is 39.9 Å². The number of benzene rings is 1. The molecule has 1 aliphatic rings. The van der Waals surface area contributed by atoms with Crippen molar-refractivity contribution in [1.29, 1.82) is 0 Å². The first kappa shape index (κ1) is 17.7. The quantitative estimate of drug-likeness (QED) is 0.841. The Morgan fingerprint density at radius 2 is 2.08 bits per heavy atom. The average Bonchev–Trinajstić information content (AvgIpc) is 3.21. The van der Waals surface area contributed by atoms with Crippen LogP contribution in [-0.2, 0) is 14.8 Å². The molecule has 9 heteroatoms. The summed E-state index contributed by atoms with van der Waals surface area (Å²) in [6.45, 7) is 0.321. The summed E-state index contributed by atoms with van der Waals surface area (Å²) in [5.74, 6) is -0.406. The molecular weight excluding hydrogens is 391 g/mol. The summed E-state index contributed by atoms with van der Waals surface area (Å²) in [5, 5.41) is 5.16. The smallest absolute Gasteiger partial charge is 0.253 e. The van der Waals surface area contributed by atoms with Crippen molar-refractivity contribution in [2.24, 2.45) is 0 Å². The average molecular weight is 405 g/mol. The Kier molecular flexibility index (Phi) is 5.17. The van der Waals surface area contributed by atoms with Crippen LogP contribution in [0, 0.1) is 0 Å². The summed E-state index contributed by atoms with van der Waals surface area (Å²) >= 11 is 13.1. The molecule has 0 aliphatic carbocycles. The number of nitrogens with one attached hydrogen (secondary N) is 1. The molecule has 1 amide bonds. The number of carbonyl (C=O) groups is 1. The Bertz CT molecular complexity index is 854. The van der Waals surface area contributed by atoms with E-state index in [1.165, 1.54) is 10.4 Å². The van der Waals surface area contributed by atoms with Gasteiger partial charge >= 0.3 is 0 Å². The topological polar surface area (TPSA) is 66.5 Å². The van der Waals surface area contributed by atoms with Crippen molar-refractivity contribution in [1.82, 2.24) is 4.31 Å². The maximum atomic E-state index is 12.7. The molecular formula is C15H14Cl2N2O3S2. The Balaban J connectivity index is 1.83. The fourth-order valence-electron chi connectivity index (χ4n) is 2.63. The lowest BCUT2D eigenvalue weighted by Gasteiger charge is -2.22. The Morgan fingerprint density at radius 1 is 1.29 bits per heavy atom. The second-order valence-corrected chi connectivity index (χ2v) is 9.23. The van der Waals surface area contributed by atoms with Crippen LogP contribution >= 0.6 is 34.5 Å². The highest BCUT2D eigenvalue weighted by atomic mass is 35.5. The molecule has 3 rings (SSSR count). The van der Waals surface area contributed by atoms with Crippen LogP contribution in [0.3, 0.4) is 0 Å². The lowest BCUT2D eigenvalue weighted by atomic mass is 10.2. The van der Waals surface area contributed by atoms with Gasteiger partial charge in [-0.05, 0) is 42.5 Å². The Labute approximate surface area is 154 Å². The van der Waals surface area contributed by atoms with Gasteiger partial charge in [0.15, 0.2) is 0 Å². The lowest BCUT2D eigenvalue weighted by molar-refractivity contribution is -0.119. The van der Waals surface area contributed by atoms with Gasteiger partial charge in [0.25, 0.3) is 10.0 Å². The highest BCUT2D eigenvalue weighted by molar-refractivity contribution is 7.91. The molecule has 0 saturated carbocycles. The number of carbonyl (C=O) groups excluding carboxylic acids is 1. The molecule has 24 heavy (non-hydrogen) atoms. The van der Waals surface area contributed by atoms with Gasteiger partial charge in [0.1, 0.15) is 10.3 Å². The Hall–Kier alpha value is -1.12. The molecule has 0 bridgehead atoms. The van der Waals surface area contributed by atoms with Crippen LogP contribution in [0.1, 0.15) is 12.8 Å². The maximum Gasteiger partial charge on any atom is 0.253 e. The van der Waals surface area contributed by atoms with Crippen LogP contribution in [0.5, 0.6) is 0 Å². The van der Waals surface area contributed by atoms with Gasteiger partial charge in [0, 0.05) is 11.6 Å². The summed E-state index contributed by atoms with van der Waals surface area (Å²) in [6.07, 6.45) is 1.10. The zero-order valence-electron chi connectivity index (χ0n) is 12.4. The molecule has 1 atom stereocenters. The van der Waals surface area contributed by atoms with Gasteiger partial charge in [-0.3, -0.25) is 4.79 Å². The van der Waals surface area contributed by atoms with Crippen LogP contribution in [-0.4, -0.2) is 31.2 Å². The molecule has 2 aromatic rings. The third-order valence-electron chi connectivity index (χ3n) is 3.75. The molecule has 1 N–H and O–H groups in total. The number of sulfonamides is 1.